The predicted octanol–water partition coefficient (Wildman–Crippen LogP) is -0.982. The zero-order valence-electron chi connectivity index (χ0n) is 11.4. The lowest BCUT2D eigenvalue weighted by Gasteiger charge is -2.21. The molecule has 0 aromatic carbocycles. The van der Waals surface area contributed by atoms with E-state index in [4.69, 9.17) is 9.84 Å². The second kappa shape index (κ2) is 7.55. The number of carboxylic acids is 1. The van der Waals surface area contributed by atoms with Gasteiger partial charge in [0.2, 0.25) is 15.9 Å². The smallest absolute Gasteiger partial charge is 0.326 e. The minimum atomic E-state index is -3.59. The molecule has 0 aromatic heterocycles. The third kappa shape index (κ3) is 5.06. The Kier molecular flexibility index (Phi) is 6.37. The highest BCUT2D eigenvalue weighted by Crippen LogP contribution is 2.17. The van der Waals surface area contributed by atoms with Gasteiger partial charge in [0.25, 0.3) is 0 Å². The molecule has 1 saturated heterocycles. The molecule has 1 aliphatic rings. The molecule has 0 aliphatic carbocycles. The van der Waals surface area contributed by atoms with E-state index in [9.17, 15) is 18.0 Å². The van der Waals surface area contributed by atoms with Gasteiger partial charge in [-0.3, -0.25) is 4.79 Å². The highest BCUT2D eigenvalue weighted by Gasteiger charge is 2.33. The fourth-order valence-corrected chi connectivity index (χ4v) is 2.81. The molecule has 1 amide bonds. The molecule has 1 heterocycles. The van der Waals surface area contributed by atoms with Crippen LogP contribution in [-0.4, -0.2) is 68.4 Å². The molecule has 20 heavy (non-hydrogen) atoms. The maximum atomic E-state index is 11.8. The molecule has 0 bridgehead atoms. The first kappa shape index (κ1) is 16.9. The van der Waals surface area contributed by atoms with Crippen LogP contribution >= 0.6 is 0 Å². The first-order valence-corrected chi connectivity index (χ1v) is 8.10. The molecule has 0 aromatic rings. The van der Waals surface area contributed by atoms with Crippen LogP contribution in [0.15, 0.2) is 0 Å². The summed E-state index contributed by atoms with van der Waals surface area (Å²) in [5.41, 5.74) is 0. The molecule has 0 radical (unpaired) electrons. The average Bonchev–Trinajstić information content (AvgIpc) is 2.85. The van der Waals surface area contributed by atoms with Gasteiger partial charge < -0.3 is 14.7 Å². The van der Waals surface area contributed by atoms with Crippen LogP contribution in [0.4, 0.5) is 0 Å². The number of carboxylic acid groups (broad SMARTS) is 1. The van der Waals surface area contributed by atoms with E-state index in [0.717, 1.165) is 0 Å². The zero-order chi connectivity index (χ0) is 15.2. The van der Waals surface area contributed by atoms with Crippen LogP contribution in [0.5, 0.6) is 0 Å². The Morgan fingerprint density at radius 1 is 1.45 bits per heavy atom. The third-order valence-electron chi connectivity index (χ3n) is 3.00. The first-order chi connectivity index (χ1) is 9.37. The molecule has 0 saturated carbocycles. The second-order valence-corrected chi connectivity index (χ2v) is 6.35. The van der Waals surface area contributed by atoms with E-state index in [0.29, 0.717) is 26.0 Å². The van der Waals surface area contributed by atoms with Gasteiger partial charge in [0.05, 0.1) is 18.9 Å². The number of hydrogen-bond donors (Lipinski definition) is 2. The van der Waals surface area contributed by atoms with Crippen LogP contribution in [0.3, 0.4) is 0 Å². The molecule has 0 spiro atoms. The quantitative estimate of drug-likeness (QED) is 0.557. The number of hydrogen-bond acceptors (Lipinski definition) is 5. The van der Waals surface area contributed by atoms with E-state index >= 15 is 0 Å². The summed E-state index contributed by atoms with van der Waals surface area (Å²) in [5.74, 6) is -1.80. The Morgan fingerprint density at radius 2 is 2.15 bits per heavy atom. The SMILES string of the molecule is CCOCCS(=O)(=O)NCC(=O)N1CCC[C@@H]1C(=O)O. The van der Waals surface area contributed by atoms with Crippen molar-refractivity contribution in [2.24, 2.45) is 0 Å². The number of likely N-dealkylation sites (tertiary alicyclic amines) is 1. The number of carbonyl (C=O) groups is 2. The number of amides is 1. The normalized spacial score (nSPS) is 19.2. The van der Waals surface area contributed by atoms with Crippen molar-refractivity contribution in [3.8, 4) is 0 Å². The molecule has 2 N–H and O–H groups in total. The van der Waals surface area contributed by atoms with Gasteiger partial charge in [0.15, 0.2) is 0 Å². The maximum Gasteiger partial charge on any atom is 0.326 e. The standard InChI is InChI=1S/C11H20N2O6S/c1-2-19-6-7-20(17,18)12-8-10(14)13-5-3-4-9(13)11(15)16/h9,12H,2-8H2,1H3,(H,15,16)/t9-/m1/s1. The molecule has 1 rings (SSSR count). The molecular formula is C11H20N2O6S. The molecule has 8 nitrogen and oxygen atoms in total. The number of aliphatic carboxylic acids is 1. The van der Waals surface area contributed by atoms with Gasteiger partial charge in [-0.25, -0.2) is 17.9 Å². The van der Waals surface area contributed by atoms with Crippen LogP contribution in [0, 0.1) is 0 Å². The van der Waals surface area contributed by atoms with E-state index in [-0.39, 0.29) is 12.4 Å². The largest absolute Gasteiger partial charge is 0.480 e. The van der Waals surface area contributed by atoms with Crippen molar-refractivity contribution in [2.45, 2.75) is 25.8 Å². The van der Waals surface area contributed by atoms with Crippen molar-refractivity contribution < 1.29 is 27.9 Å². The average molecular weight is 308 g/mol. The summed E-state index contributed by atoms with van der Waals surface area (Å²) in [6, 6.07) is -0.851. The number of carbonyl (C=O) groups excluding carboxylic acids is 1. The zero-order valence-corrected chi connectivity index (χ0v) is 12.2. The summed E-state index contributed by atoms with van der Waals surface area (Å²) < 4.78 is 30.2. The van der Waals surface area contributed by atoms with Crippen LogP contribution in [0.2, 0.25) is 0 Å². The Bertz CT molecular complexity index is 450. The fourth-order valence-electron chi connectivity index (χ4n) is 1.98. The van der Waals surface area contributed by atoms with Crippen molar-refractivity contribution >= 4 is 21.9 Å². The van der Waals surface area contributed by atoms with Crippen molar-refractivity contribution in [3.63, 3.8) is 0 Å². The summed E-state index contributed by atoms with van der Waals surface area (Å²) in [6.45, 7) is 2.15. The minimum Gasteiger partial charge on any atom is -0.480 e. The first-order valence-electron chi connectivity index (χ1n) is 6.44. The van der Waals surface area contributed by atoms with Crippen molar-refractivity contribution in [1.82, 2.24) is 9.62 Å². The second-order valence-electron chi connectivity index (χ2n) is 4.42. The topological polar surface area (TPSA) is 113 Å². The van der Waals surface area contributed by atoms with Crippen molar-refractivity contribution in [1.29, 1.82) is 0 Å². The number of ether oxygens (including phenoxy) is 1. The molecule has 1 aliphatic heterocycles. The summed E-state index contributed by atoms with van der Waals surface area (Å²) in [4.78, 5) is 24.0. The lowest BCUT2D eigenvalue weighted by atomic mass is 10.2. The Morgan fingerprint density at radius 3 is 2.75 bits per heavy atom. The van der Waals surface area contributed by atoms with Gasteiger partial charge in [-0.2, -0.15) is 0 Å². The minimum absolute atomic E-state index is 0.0570. The van der Waals surface area contributed by atoms with Crippen molar-refractivity contribution in [3.05, 3.63) is 0 Å². The highest BCUT2D eigenvalue weighted by atomic mass is 32.2. The number of nitrogens with one attached hydrogen (secondary N) is 1. The molecule has 9 heteroatoms. The van der Waals surface area contributed by atoms with Crippen LogP contribution in [0.1, 0.15) is 19.8 Å². The maximum absolute atomic E-state index is 11.8. The van der Waals surface area contributed by atoms with Gasteiger partial charge in [-0.15, -0.1) is 0 Å². The molecule has 116 valence electrons. The summed E-state index contributed by atoms with van der Waals surface area (Å²) >= 11 is 0. The van der Waals surface area contributed by atoms with Crippen molar-refractivity contribution in [2.75, 3.05) is 32.1 Å². The molecule has 1 fully saturated rings. The number of rotatable bonds is 8. The Balaban J connectivity index is 2.44. The lowest BCUT2D eigenvalue weighted by Crippen LogP contribution is -2.45. The summed E-state index contributed by atoms with van der Waals surface area (Å²) in [7, 11) is -3.59. The molecule has 1 atom stereocenters. The van der Waals surface area contributed by atoms with Gasteiger partial charge in [0, 0.05) is 13.2 Å². The summed E-state index contributed by atoms with van der Waals surface area (Å²) in [6.07, 6.45) is 1.01. The van der Waals surface area contributed by atoms with Gasteiger partial charge in [-0.05, 0) is 19.8 Å². The van der Waals surface area contributed by atoms with E-state index in [1.807, 2.05) is 0 Å². The van der Waals surface area contributed by atoms with Crippen LogP contribution in [-0.2, 0) is 24.3 Å². The summed E-state index contributed by atoms with van der Waals surface area (Å²) in [5, 5.41) is 8.95. The number of sulfonamides is 1. The van der Waals surface area contributed by atoms with Crippen LogP contribution < -0.4 is 4.72 Å². The Labute approximate surface area is 118 Å². The van der Waals surface area contributed by atoms with E-state index < -0.39 is 34.5 Å². The Hall–Kier alpha value is -1.19. The monoisotopic (exact) mass is 308 g/mol. The number of nitrogens with zero attached hydrogens (tertiary/aromatic N) is 1. The highest BCUT2D eigenvalue weighted by molar-refractivity contribution is 7.89. The predicted molar refractivity (Wildman–Crippen MR) is 70.7 cm³/mol. The van der Waals surface area contributed by atoms with E-state index in [1.165, 1.54) is 4.90 Å². The molecule has 0 unspecified atom stereocenters. The lowest BCUT2D eigenvalue weighted by molar-refractivity contribution is -0.147. The van der Waals surface area contributed by atoms with Gasteiger partial charge in [0.1, 0.15) is 6.04 Å². The molecular weight excluding hydrogens is 288 g/mol. The van der Waals surface area contributed by atoms with Gasteiger partial charge >= 0.3 is 5.97 Å². The van der Waals surface area contributed by atoms with Crippen LogP contribution in [0.25, 0.3) is 0 Å². The van der Waals surface area contributed by atoms with Gasteiger partial charge in [-0.1, -0.05) is 0 Å². The van der Waals surface area contributed by atoms with E-state index in [2.05, 4.69) is 4.72 Å². The fraction of sp³-hybridized carbons (Fsp3) is 0.818. The third-order valence-corrected chi connectivity index (χ3v) is 4.29. The van der Waals surface area contributed by atoms with E-state index in [1.54, 1.807) is 6.92 Å².